The highest BCUT2D eigenvalue weighted by atomic mass is 79.9. The smallest absolute Gasteiger partial charge is 0.126 e. The van der Waals surface area contributed by atoms with Crippen molar-refractivity contribution in [1.82, 2.24) is 5.32 Å². The van der Waals surface area contributed by atoms with E-state index < -0.39 is 0 Å². The summed E-state index contributed by atoms with van der Waals surface area (Å²) in [5, 5.41) is 3.27. The highest BCUT2D eigenvalue weighted by molar-refractivity contribution is 9.10. The summed E-state index contributed by atoms with van der Waals surface area (Å²) in [4.78, 5) is 0. The molecule has 0 aliphatic rings. The quantitative estimate of drug-likeness (QED) is 0.765. The maximum Gasteiger partial charge on any atom is 0.126 e. The molecule has 0 fully saturated rings. The van der Waals surface area contributed by atoms with Crippen LogP contribution in [-0.4, -0.2) is 13.1 Å². The fourth-order valence-corrected chi connectivity index (χ4v) is 3.03. The Morgan fingerprint density at radius 3 is 2.45 bits per heavy atom. The van der Waals surface area contributed by atoms with Crippen LogP contribution < -0.4 is 5.32 Å². The average Bonchev–Trinajstić information content (AvgIpc) is 2.44. The molecule has 1 N–H and O–H groups in total. The summed E-state index contributed by atoms with van der Waals surface area (Å²) in [6, 6.07) is 13.4. The minimum Gasteiger partial charge on any atom is -0.316 e. The Labute approximate surface area is 135 Å². The third-order valence-electron chi connectivity index (χ3n) is 3.31. The molecule has 2 rings (SSSR count). The van der Waals surface area contributed by atoms with E-state index in [1.54, 1.807) is 6.07 Å². The van der Waals surface area contributed by atoms with Crippen LogP contribution in [0.25, 0.3) is 0 Å². The molecule has 1 atom stereocenters. The van der Waals surface area contributed by atoms with E-state index in [-0.39, 0.29) is 11.9 Å². The molecule has 0 radical (unpaired) electrons. The van der Waals surface area contributed by atoms with E-state index >= 15 is 0 Å². The minimum atomic E-state index is -0.152. The van der Waals surface area contributed by atoms with Crippen LogP contribution in [-0.2, 0) is 12.8 Å². The first-order chi connectivity index (χ1) is 9.60. The zero-order valence-corrected chi connectivity index (χ0v) is 14.3. The number of nitrogens with one attached hydrogen (secondary N) is 1. The van der Waals surface area contributed by atoms with Crippen LogP contribution >= 0.6 is 31.9 Å². The summed E-state index contributed by atoms with van der Waals surface area (Å²) in [7, 11) is 1.91. The van der Waals surface area contributed by atoms with Crippen molar-refractivity contribution in [3.8, 4) is 0 Å². The number of hydrogen-bond donors (Lipinski definition) is 1. The van der Waals surface area contributed by atoms with Gasteiger partial charge < -0.3 is 5.32 Å². The van der Waals surface area contributed by atoms with Crippen LogP contribution in [0.5, 0.6) is 0 Å². The zero-order valence-electron chi connectivity index (χ0n) is 11.2. The summed E-state index contributed by atoms with van der Waals surface area (Å²) >= 11 is 6.95. The van der Waals surface area contributed by atoms with E-state index in [4.69, 9.17) is 0 Å². The molecule has 20 heavy (non-hydrogen) atoms. The Kier molecular flexibility index (Phi) is 5.75. The molecule has 2 aromatic carbocycles. The first-order valence-corrected chi connectivity index (χ1v) is 8.03. The molecule has 0 aliphatic heterocycles. The molecule has 4 heteroatoms. The highest BCUT2D eigenvalue weighted by Crippen LogP contribution is 2.21. The van der Waals surface area contributed by atoms with Gasteiger partial charge >= 0.3 is 0 Å². The predicted molar refractivity (Wildman–Crippen MR) is 88.5 cm³/mol. The van der Waals surface area contributed by atoms with E-state index in [2.05, 4.69) is 43.2 Å². The van der Waals surface area contributed by atoms with Crippen LogP contribution in [0.3, 0.4) is 0 Å². The van der Waals surface area contributed by atoms with Crippen molar-refractivity contribution in [1.29, 1.82) is 0 Å². The maximum absolute atomic E-state index is 13.8. The first-order valence-electron chi connectivity index (χ1n) is 6.44. The normalized spacial score (nSPS) is 12.4. The lowest BCUT2D eigenvalue weighted by Gasteiger charge is -2.18. The number of hydrogen-bond acceptors (Lipinski definition) is 1. The van der Waals surface area contributed by atoms with Gasteiger partial charge in [-0.3, -0.25) is 0 Å². The zero-order chi connectivity index (χ0) is 14.5. The van der Waals surface area contributed by atoms with Gasteiger partial charge in [-0.25, -0.2) is 4.39 Å². The fraction of sp³-hybridized carbons (Fsp3) is 0.250. The van der Waals surface area contributed by atoms with Gasteiger partial charge in [-0.15, -0.1) is 0 Å². The molecule has 0 saturated carbocycles. The molecule has 0 heterocycles. The van der Waals surface area contributed by atoms with Gasteiger partial charge in [0.2, 0.25) is 0 Å². The van der Waals surface area contributed by atoms with Crippen LogP contribution in [0.2, 0.25) is 0 Å². The van der Waals surface area contributed by atoms with Gasteiger partial charge in [0.25, 0.3) is 0 Å². The van der Waals surface area contributed by atoms with E-state index in [9.17, 15) is 4.39 Å². The Bertz CT molecular complexity index is 586. The second-order valence-corrected chi connectivity index (χ2v) is 6.49. The monoisotopic (exact) mass is 399 g/mol. The average molecular weight is 401 g/mol. The number of likely N-dealkylation sites (N-methyl/N-ethyl adjacent to an activating group) is 1. The van der Waals surface area contributed by atoms with Crippen LogP contribution in [0.15, 0.2) is 51.4 Å². The van der Waals surface area contributed by atoms with Gasteiger partial charge in [0, 0.05) is 15.0 Å². The van der Waals surface area contributed by atoms with Crippen molar-refractivity contribution in [3.05, 3.63) is 68.4 Å². The second-order valence-electron chi connectivity index (χ2n) is 4.72. The Balaban J connectivity index is 2.13. The second kappa shape index (κ2) is 7.34. The van der Waals surface area contributed by atoms with E-state index in [1.165, 1.54) is 11.6 Å². The summed E-state index contributed by atoms with van der Waals surface area (Å²) in [6.07, 6.45) is 1.51. The van der Waals surface area contributed by atoms with E-state index in [0.717, 1.165) is 20.9 Å². The largest absolute Gasteiger partial charge is 0.316 e. The summed E-state index contributed by atoms with van der Waals surface area (Å²) < 4.78 is 15.8. The van der Waals surface area contributed by atoms with Gasteiger partial charge in [-0.2, -0.15) is 0 Å². The molecular formula is C16H16Br2FN. The van der Waals surface area contributed by atoms with Gasteiger partial charge in [0.05, 0.1) is 0 Å². The van der Waals surface area contributed by atoms with E-state index in [1.807, 2.05) is 31.3 Å². The van der Waals surface area contributed by atoms with Gasteiger partial charge in [0.1, 0.15) is 5.82 Å². The minimum absolute atomic E-state index is 0.152. The molecule has 106 valence electrons. The summed E-state index contributed by atoms with van der Waals surface area (Å²) in [5.74, 6) is -0.152. The molecule has 0 amide bonds. The third-order valence-corrected chi connectivity index (χ3v) is 4.57. The molecule has 0 aliphatic carbocycles. The van der Waals surface area contributed by atoms with Crippen LogP contribution in [0.1, 0.15) is 11.1 Å². The van der Waals surface area contributed by atoms with Gasteiger partial charge in [-0.05, 0) is 55.3 Å². The van der Waals surface area contributed by atoms with E-state index in [0.29, 0.717) is 6.42 Å². The standard InChI is InChI=1S/C16H16Br2FN/c1-20-14(9-11-4-2-3-5-15(11)18)10-12-8-13(17)6-7-16(12)19/h2-8,14,20H,9-10H2,1H3. The van der Waals surface area contributed by atoms with Crippen LogP contribution in [0.4, 0.5) is 4.39 Å². The number of rotatable bonds is 5. The molecule has 2 aromatic rings. The fourth-order valence-electron chi connectivity index (χ4n) is 2.17. The lowest BCUT2D eigenvalue weighted by molar-refractivity contribution is 0.531. The number of benzene rings is 2. The SMILES string of the molecule is CNC(Cc1cc(Br)ccc1F)Cc1ccccc1Br. The Morgan fingerprint density at radius 2 is 1.75 bits per heavy atom. The highest BCUT2D eigenvalue weighted by Gasteiger charge is 2.13. The topological polar surface area (TPSA) is 12.0 Å². The molecule has 1 unspecified atom stereocenters. The third kappa shape index (κ3) is 4.14. The Morgan fingerprint density at radius 1 is 1.05 bits per heavy atom. The molecule has 0 saturated heterocycles. The molecular weight excluding hydrogens is 385 g/mol. The molecule has 1 nitrogen and oxygen atoms in total. The lowest BCUT2D eigenvalue weighted by Crippen LogP contribution is -2.30. The van der Waals surface area contributed by atoms with Crippen molar-refractivity contribution in [2.75, 3.05) is 7.05 Å². The Hall–Kier alpha value is -0.710. The predicted octanol–water partition coefficient (Wildman–Crippen LogP) is 4.72. The maximum atomic E-state index is 13.8. The van der Waals surface area contributed by atoms with Gasteiger partial charge in [0.15, 0.2) is 0 Å². The van der Waals surface area contributed by atoms with Crippen molar-refractivity contribution < 1.29 is 4.39 Å². The van der Waals surface area contributed by atoms with Crippen molar-refractivity contribution >= 4 is 31.9 Å². The number of halogens is 3. The molecule has 0 aromatic heterocycles. The summed E-state index contributed by atoms with van der Waals surface area (Å²) in [6.45, 7) is 0. The van der Waals surface area contributed by atoms with Gasteiger partial charge in [-0.1, -0.05) is 50.1 Å². The lowest BCUT2D eigenvalue weighted by atomic mass is 9.99. The molecule has 0 bridgehead atoms. The summed E-state index contributed by atoms with van der Waals surface area (Å²) in [5.41, 5.74) is 1.95. The van der Waals surface area contributed by atoms with Crippen molar-refractivity contribution in [3.63, 3.8) is 0 Å². The van der Waals surface area contributed by atoms with Crippen LogP contribution in [0, 0.1) is 5.82 Å². The molecule has 0 spiro atoms. The van der Waals surface area contributed by atoms with Crippen molar-refractivity contribution in [2.24, 2.45) is 0 Å². The first kappa shape index (κ1) is 15.7. The van der Waals surface area contributed by atoms with Crippen molar-refractivity contribution in [2.45, 2.75) is 18.9 Å².